The van der Waals surface area contributed by atoms with Crippen molar-refractivity contribution in [1.29, 1.82) is 0 Å². The Hall–Kier alpha value is -1.79. The maximum Gasteiger partial charge on any atom is 0.466 e. The Morgan fingerprint density at radius 1 is 1.20 bits per heavy atom. The van der Waals surface area contributed by atoms with Crippen LogP contribution < -0.4 is 0 Å². The minimum absolute atomic E-state index is 0.215. The van der Waals surface area contributed by atoms with Crippen LogP contribution in [0.2, 0.25) is 0 Å². The van der Waals surface area contributed by atoms with Crippen LogP contribution in [0, 0.1) is 0 Å². The lowest BCUT2D eigenvalue weighted by molar-refractivity contribution is -0.143. The van der Waals surface area contributed by atoms with Gasteiger partial charge in [-0.25, -0.2) is 0 Å². The SMILES string of the molecule is CCOC(=O)CC(B1OC(C)(C)C(C)(C)O1)c1c[nH]c2ccccc12. The van der Waals surface area contributed by atoms with Gasteiger partial charge in [0.25, 0.3) is 0 Å². The fraction of sp³-hybridized carbons (Fsp3) is 0.526. The summed E-state index contributed by atoms with van der Waals surface area (Å²) in [7, 11) is -0.506. The predicted octanol–water partition coefficient (Wildman–Crippen LogP) is 3.84. The standard InChI is InChI=1S/C19H26BNO4/c1-6-23-17(22)11-15(20-24-18(2,3)19(4,5)25-20)14-12-21-16-10-8-7-9-13(14)16/h7-10,12,15,21H,6,11H2,1-5H3. The van der Waals surface area contributed by atoms with Crippen LogP contribution in [0.25, 0.3) is 10.9 Å². The highest BCUT2D eigenvalue weighted by Crippen LogP contribution is 2.43. The highest BCUT2D eigenvalue weighted by molar-refractivity contribution is 6.48. The van der Waals surface area contributed by atoms with Crippen LogP contribution >= 0.6 is 0 Å². The quantitative estimate of drug-likeness (QED) is 0.662. The molecule has 5 nitrogen and oxygen atoms in total. The van der Waals surface area contributed by atoms with E-state index in [1.807, 2.05) is 65.1 Å². The number of benzene rings is 1. The monoisotopic (exact) mass is 343 g/mol. The number of aromatic nitrogens is 1. The molecule has 6 heteroatoms. The van der Waals surface area contributed by atoms with Gasteiger partial charge in [-0.3, -0.25) is 4.79 Å². The number of aromatic amines is 1. The molecular formula is C19H26BNO4. The average molecular weight is 343 g/mol. The number of ether oxygens (including phenoxy) is 1. The number of carbonyl (C=O) groups is 1. The zero-order valence-electron chi connectivity index (χ0n) is 15.6. The Kier molecular flexibility index (Phi) is 4.69. The third-order valence-electron chi connectivity index (χ3n) is 5.31. The number of para-hydroxylation sites is 1. The van der Waals surface area contributed by atoms with Gasteiger partial charge in [-0.05, 0) is 46.2 Å². The van der Waals surface area contributed by atoms with Gasteiger partial charge >= 0.3 is 13.1 Å². The molecular weight excluding hydrogens is 317 g/mol. The van der Waals surface area contributed by atoms with Crippen molar-refractivity contribution < 1.29 is 18.8 Å². The van der Waals surface area contributed by atoms with Gasteiger partial charge in [0.2, 0.25) is 0 Å². The summed E-state index contributed by atoms with van der Waals surface area (Å²) in [5, 5.41) is 1.08. The second-order valence-corrected chi connectivity index (χ2v) is 7.53. The van der Waals surface area contributed by atoms with Gasteiger partial charge in [-0.2, -0.15) is 0 Å². The van der Waals surface area contributed by atoms with E-state index in [0.717, 1.165) is 16.5 Å². The molecule has 0 aliphatic carbocycles. The van der Waals surface area contributed by atoms with Crippen molar-refractivity contribution in [1.82, 2.24) is 4.98 Å². The number of H-pyrrole nitrogens is 1. The van der Waals surface area contributed by atoms with Crippen LogP contribution in [-0.2, 0) is 18.8 Å². The largest absolute Gasteiger partial charge is 0.466 e. The molecule has 1 aromatic heterocycles. The zero-order valence-corrected chi connectivity index (χ0v) is 15.6. The Morgan fingerprint density at radius 3 is 2.48 bits per heavy atom. The van der Waals surface area contributed by atoms with E-state index in [2.05, 4.69) is 4.98 Å². The smallest absolute Gasteiger partial charge is 0.466 e. The number of nitrogens with one attached hydrogen (secondary N) is 1. The van der Waals surface area contributed by atoms with Crippen molar-refractivity contribution in [3.63, 3.8) is 0 Å². The van der Waals surface area contributed by atoms with E-state index in [9.17, 15) is 4.79 Å². The maximum atomic E-state index is 12.2. The second kappa shape index (κ2) is 6.50. The number of rotatable bonds is 5. The molecule has 1 aliphatic heterocycles. The van der Waals surface area contributed by atoms with Gasteiger partial charge in [0.15, 0.2) is 0 Å². The summed E-state index contributed by atoms with van der Waals surface area (Å²) in [4.78, 5) is 15.5. The Balaban J connectivity index is 1.98. The molecule has 2 heterocycles. The van der Waals surface area contributed by atoms with Crippen LogP contribution in [0.3, 0.4) is 0 Å². The minimum atomic E-state index is -0.506. The first kappa shape index (κ1) is 18.0. The average Bonchev–Trinajstić information content (AvgIpc) is 3.04. The first-order valence-electron chi connectivity index (χ1n) is 8.82. The molecule has 1 fully saturated rings. The summed E-state index contributed by atoms with van der Waals surface area (Å²) < 4.78 is 17.7. The van der Waals surface area contributed by atoms with Crippen molar-refractivity contribution in [2.45, 2.75) is 58.1 Å². The molecule has 2 aromatic rings. The Labute approximate surface area is 149 Å². The van der Waals surface area contributed by atoms with Crippen LogP contribution in [0.15, 0.2) is 30.5 Å². The highest BCUT2D eigenvalue weighted by Gasteiger charge is 2.54. The van der Waals surface area contributed by atoms with Gasteiger partial charge in [0.05, 0.1) is 24.2 Å². The highest BCUT2D eigenvalue weighted by atomic mass is 16.7. The van der Waals surface area contributed by atoms with Crippen LogP contribution in [0.5, 0.6) is 0 Å². The Bertz CT molecular complexity index is 752. The van der Waals surface area contributed by atoms with Crippen molar-refractivity contribution in [2.75, 3.05) is 6.61 Å². The van der Waals surface area contributed by atoms with Crippen molar-refractivity contribution in [3.05, 3.63) is 36.0 Å². The summed E-state index contributed by atoms with van der Waals surface area (Å²) in [5.74, 6) is -0.483. The summed E-state index contributed by atoms with van der Waals surface area (Å²) in [6.45, 7) is 10.2. The zero-order chi connectivity index (χ0) is 18.2. The van der Waals surface area contributed by atoms with Crippen molar-refractivity contribution in [2.24, 2.45) is 0 Å². The molecule has 1 atom stereocenters. The van der Waals surface area contributed by atoms with E-state index in [1.165, 1.54) is 0 Å². The number of esters is 1. The molecule has 0 saturated carbocycles. The van der Waals surface area contributed by atoms with E-state index in [1.54, 1.807) is 0 Å². The molecule has 0 spiro atoms. The number of fused-ring (bicyclic) bond motifs is 1. The van der Waals surface area contributed by atoms with E-state index in [0.29, 0.717) is 6.61 Å². The molecule has 0 radical (unpaired) electrons. The van der Waals surface area contributed by atoms with Gasteiger partial charge in [0, 0.05) is 22.9 Å². The Morgan fingerprint density at radius 2 is 1.84 bits per heavy atom. The normalized spacial score (nSPS) is 20.0. The first-order chi connectivity index (χ1) is 11.7. The van der Waals surface area contributed by atoms with Crippen LogP contribution in [0.4, 0.5) is 0 Å². The summed E-state index contributed by atoms with van der Waals surface area (Å²) in [6.07, 6.45) is 2.16. The first-order valence-corrected chi connectivity index (χ1v) is 8.82. The molecule has 3 rings (SSSR count). The van der Waals surface area contributed by atoms with E-state index >= 15 is 0 Å². The lowest BCUT2D eigenvalue weighted by Crippen LogP contribution is -2.41. The topological polar surface area (TPSA) is 60.6 Å². The van der Waals surface area contributed by atoms with E-state index < -0.39 is 18.3 Å². The van der Waals surface area contributed by atoms with Crippen LogP contribution in [-0.4, -0.2) is 35.9 Å². The fourth-order valence-corrected chi connectivity index (χ4v) is 3.21. The van der Waals surface area contributed by atoms with Crippen molar-refractivity contribution in [3.8, 4) is 0 Å². The minimum Gasteiger partial charge on any atom is -0.466 e. The molecule has 134 valence electrons. The summed E-state index contributed by atoms with van der Waals surface area (Å²) >= 11 is 0. The molecule has 1 saturated heterocycles. The van der Waals surface area contributed by atoms with E-state index in [4.69, 9.17) is 14.0 Å². The fourth-order valence-electron chi connectivity index (χ4n) is 3.21. The number of hydrogen-bond donors (Lipinski definition) is 1. The second-order valence-electron chi connectivity index (χ2n) is 7.53. The van der Waals surface area contributed by atoms with Gasteiger partial charge < -0.3 is 19.0 Å². The van der Waals surface area contributed by atoms with Gasteiger partial charge in [0.1, 0.15) is 0 Å². The summed E-state index contributed by atoms with van der Waals surface area (Å²) in [5.41, 5.74) is 1.15. The number of hydrogen-bond acceptors (Lipinski definition) is 4. The summed E-state index contributed by atoms with van der Waals surface area (Å²) in [6, 6.07) is 8.04. The number of carbonyl (C=O) groups excluding carboxylic acids is 1. The van der Waals surface area contributed by atoms with E-state index in [-0.39, 0.29) is 18.2 Å². The van der Waals surface area contributed by atoms with Crippen molar-refractivity contribution >= 4 is 24.0 Å². The molecule has 1 aromatic carbocycles. The van der Waals surface area contributed by atoms with Gasteiger partial charge in [-0.15, -0.1) is 0 Å². The third kappa shape index (κ3) is 3.33. The maximum absolute atomic E-state index is 12.2. The molecule has 25 heavy (non-hydrogen) atoms. The molecule has 1 aliphatic rings. The third-order valence-corrected chi connectivity index (χ3v) is 5.31. The molecule has 0 amide bonds. The van der Waals surface area contributed by atoms with Gasteiger partial charge in [-0.1, -0.05) is 18.2 Å². The molecule has 1 N–H and O–H groups in total. The lowest BCUT2D eigenvalue weighted by atomic mass is 9.66. The molecule has 0 bridgehead atoms. The molecule has 1 unspecified atom stereocenters. The van der Waals surface area contributed by atoms with Crippen LogP contribution in [0.1, 0.15) is 52.4 Å². The lowest BCUT2D eigenvalue weighted by Gasteiger charge is -2.32. The predicted molar refractivity (Wildman–Crippen MR) is 98.4 cm³/mol.